The van der Waals surface area contributed by atoms with Gasteiger partial charge in [-0.25, -0.2) is 4.39 Å². The second kappa shape index (κ2) is 9.85. The molecule has 1 fully saturated rings. The summed E-state index contributed by atoms with van der Waals surface area (Å²) < 4.78 is 13.7. The third-order valence-electron chi connectivity index (χ3n) is 5.57. The monoisotopic (exact) mass is 411 g/mol. The zero-order valence-electron chi connectivity index (χ0n) is 17.9. The SMILES string of the molecule is Cc1cccc(C2CCC(C(=O)NCCN(C)C)CN2C(=O)c2cccc(F)c2)c1. The van der Waals surface area contributed by atoms with E-state index in [4.69, 9.17) is 0 Å². The lowest BCUT2D eigenvalue weighted by atomic mass is 9.87. The fraction of sp³-hybridized carbons (Fsp3) is 0.417. The van der Waals surface area contributed by atoms with Crippen molar-refractivity contribution in [3.05, 3.63) is 71.0 Å². The zero-order chi connectivity index (χ0) is 21.7. The van der Waals surface area contributed by atoms with Gasteiger partial charge in [-0.1, -0.05) is 35.9 Å². The normalized spacial score (nSPS) is 19.0. The van der Waals surface area contributed by atoms with Gasteiger partial charge in [-0.2, -0.15) is 0 Å². The average Bonchev–Trinajstić information content (AvgIpc) is 2.72. The predicted octanol–water partition coefficient (Wildman–Crippen LogP) is 3.41. The van der Waals surface area contributed by atoms with E-state index in [1.165, 1.54) is 12.1 Å². The standard InChI is InChI=1S/C24H30FN3O2/c1-17-6-4-7-18(14-17)22-11-10-20(23(29)26-12-13-27(2)3)16-28(22)24(30)19-8-5-9-21(25)15-19/h4-9,14-15,20,22H,10-13,16H2,1-3H3,(H,26,29). The molecule has 6 heteroatoms. The number of likely N-dealkylation sites (N-methyl/N-ethyl adjacent to an activating group) is 1. The van der Waals surface area contributed by atoms with Crippen LogP contribution in [0.1, 0.15) is 40.4 Å². The summed E-state index contributed by atoms with van der Waals surface area (Å²) >= 11 is 0. The van der Waals surface area contributed by atoms with Crippen LogP contribution in [0.25, 0.3) is 0 Å². The van der Waals surface area contributed by atoms with E-state index in [1.54, 1.807) is 17.0 Å². The molecule has 2 aromatic rings. The smallest absolute Gasteiger partial charge is 0.254 e. The van der Waals surface area contributed by atoms with Crippen molar-refractivity contribution in [1.82, 2.24) is 15.1 Å². The van der Waals surface area contributed by atoms with Crippen molar-refractivity contribution in [3.8, 4) is 0 Å². The summed E-state index contributed by atoms with van der Waals surface area (Å²) in [6.07, 6.45) is 1.40. The highest BCUT2D eigenvalue weighted by atomic mass is 19.1. The number of nitrogens with one attached hydrogen (secondary N) is 1. The lowest BCUT2D eigenvalue weighted by Crippen LogP contribution is -2.47. The van der Waals surface area contributed by atoms with E-state index in [-0.39, 0.29) is 23.8 Å². The molecule has 0 saturated carbocycles. The maximum Gasteiger partial charge on any atom is 0.254 e. The first-order valence-electron chi connectivity index (χ1n) is 10.4. The Bertz CT molecular complexity index is 900. The van der Waals surface area contributed by atoms with Gasteiger partial charge >= 0.3 is 0 Å². The first-order chi connectivity index (χ1) is 14.3. The second-order valence-electron chi connectivity index (χ2n) is 8.27. The molecule has 0 aromatic heterocycles. The fourth-order valence-electron chi connectivity index (χ4n) is 3.97. The highest BCUT2D eigenvalue weighted by Gasteiger charge is 2.36. The number of halogens is 1. The Morgan fingerprint density at radius 1 is 1.13 bits per heavy atom. The first-order valence-corrected chi connectivity index (χ1v) is 10.4. The minimum Gasteiger partial charge on any atom is -0.355 e. The van der Waals surface area contributed by atoms with Crippen molar-refractivity contribution in [3.63, 3.8) is 0 Å². The van der Waals surface area contributed by atoms with Crippen molar-refractivity contribution >= 4 is 11.8 Å². The summed E-state index contributed by atoms with van der Waals surface area (Å²) in [6, 6.07) is 13.7. The molecule has 2 atom stereocenters. The summed E-state index contributed by atoms with van der Waals surface area (Å²) in [6.45, 7) is 3.67. The van der Waals surface area contributed by atoms with Crippen LogP contribution in [0.4, 0.5) is 4.39 Å². The van der Waals surface area contributed by atoms with Crippen LogP contribution in [-0.2, 0) is 4.79 Å². The van der Waals surface area contributed by atoms with Crippen LogP contribution in [0.2, 0.25) is 0 Å². The molecule has 1 N–H and O–H groups in total. The molecule has 0 aliphatic carbocycles. The number of nitrogens with zero attached hydrogens (tertiary/aromatic N) is 2. The van der Waals surface area contributed by atoms with Crippen molar-refractivity contribution in [1.29, 1.82) is 0 Å². The summed E-state index contributed by atoms with van der Waals surface area (Å²) in [7, 11) is 3.91. The van der Waals surface area contributed by atoms with Gasteiger partial charge < -0.3 is 15.1 Å². The Kier molecular flexibility index (Phi) is 7.21. The highest BCUT2D eigenvalue weighted by Crippen LogP contribution is 2.35. The van der Waals surface area contributed by atoms with E-state index >= 15 is 0 Å². The third-order valence-corrected chi connectivity index (χ3v) is 5.57. The third kappa shape index (κ3) is 5.45. The molecule has 1 heterocycles. The Balaban J connectivity index is 1.82. The van der Waals surface area contributed by atoms with Crippen molar-refractivity contribution in [2.24, 2.45) is 5.92 Å². The number of hydrogen-bond acceptors (Lipinski definition) is 3. The molecule has 5 nitrogen and oxygen atoms in total. The Morgan fingerprint density at radius 2 is 1.90 bits per heavy atom. The number of rotatable bonds is 6. The molecule has 2 amide bonds. The highest BCUT2D eigenvalue weighted by molar-refractivity contribution is 5.95. The Hall–Kier alpha value is -2.73. The van der Waals surface area contributed by atoms with Crippen LogP contribution >= 0.6 is 0 Å². The minimum atomic E-state index is -0.442. The molecule has 1 aliphatic rings. The van der Waals surface area contributed by atoms with E-state index in [0.717, 1.165) is 17.7 Å². The van der Waals surface area contributed by atoms with Gasteiger partial charge in [0.2, 0.25) is 5.91 Å². The lowest BCUT2D eigenvalue weighted by Gasteiger charge is -2.39. The Labute approximate surface area is 177 Å². The van der Waals surface area contributed by atoms with Gasteiger partial charge in [0, 0.05) is 25.2 Å². The molecule has 0 spiro atoms. The molecule has 160 valence electrons. The topological polar surface area (TPSA) is 52.7 Å². The average molecular weight is 412 g/mol. The van der Waals surface area contributed by atoms with Gasteiger partial charge in [0.25, 0.3) is 5.91 Å². The lowest BCUT2D eigenvalue weighted by molar-refractivity contribution is -0.126. The molecule has 0 bridgehead atoms. The van der Waals surface area contributed by atoms with Crippen molar-refractivity contribution < 1.29 is 14.0 Å². The predicted molar refractivity (Wildman–Crippen MR) is 116 cm³/mol. The van der Waals surface area contributed by atoms with Crippen LogP contribution in [0.3, 0.4) is 0 Å². The first kappa shape index (κ1) is 22.0. The van der Waals surface area contributed by atoms with Crippen LogP contribution < -0.4 is 5.32 Å². The van der Waals surface area contributed by atoms with Crippen LogP contribution in [-0.4, -0.2) is 55.3 Å². The van der Waals surface area contributed by atoms with Crippen LogP contribution in [0, 0.1) is 18.7 Å². The molecule has 30 heavy (non-hydrogen) atoms. The van der Waals surface area contributed by atoms with Gasteiger partial charge in [-0.3, -0.25) is 9.59 Å². The van der Waals surface area contributed by atoms with E-state index in [1.807, 2.05) is 44.1 Å². The van der Waals surface area contributed by atoms with Crippen LogP contribution in [0.5, 0.6) is 0 Å². The summed E-state index contributed by atoms with van der Waals surface area (Å²) in [5, 5.41) is 2.98. The second-order valence-corrected chi connectivity index (χ2v) is 8.27. The van der Waals surface area contributed by atoms with E-state index in [0.29, 0.717) is 31.5 Å². The largest absolute Gasteiger partial charge is 0.355 e. The number of amides is 2. The van der Waals surface area contributed by atoms with E-state index < -0.39 is 5.82 Å². The molecule has 1 saturated heterocycles. The minimum absolute atomic E-state index is 0.0309. The van der Waals surface area contributed by atoms with Crippen LogP contribution in [0.15, 0.2) is 48.5 Å². The number of hydrogen-bond donors (Lipinski definition) is 1. The van der Waals surface area contributed by atoms with Gasteiger partial charge in [-0.15, -0.1) is 0 Å². The zero-order valence-corrected chi connectivity index (χ0v) is 17.9. The van der Waals surface area contributed by atoms with Gasteiger partial charge in [0.05, 0.1) is 12.0 Å². The molecule has 2 aromatic carbocycles. The van der Waals surface area contributed by atoms with E-state index in [2.05, 4.69) is 11.4 Å². The fourth-order valence-corrected chi connectivity index (χ4v) is 3.97. The van der Waals surface area contributed by atoms with Gasteiger partial charge in [-0.05, 0) is 57.6 Å². The molecule has 0 radical (unpaired) electrons. The van der Waals surface area contributed by atoms with Crippen molar-refractivity contribution in [2.75, 3.05) is 33.7 Å². The molecular weight excluding hydrogens is 381 g/mol. The number of aryl methyl sites for hydroxylation is 1. The number of likely N-dealkylation sites (tertiary alicyclic amines) is 1. The Morgan fingerprint density at radius 3 is 2.60 bits per heavy atom. The number of carbonyl (C=O) groups excluding carboxylic acids is 2. The number of piperidine rings is 1. The van der Waals surface area contributed by atoms with Crippen molar-refractivity contribution in [2.45, 2.75) is 25.8 Å². The number of benzene rings is 2. The summed E-state index contributed by atoms with van der Waals surface area (Å²) in [5.74, 6) is -0.989. The van der Waals surface area contributed by atoms with Gasteiger partial charge in [0.1, 0.15) is 5.82 Å². The molecule has 1 aliphatic heterocycles. The molecule has 3 rings (SSSR count). The summed E-state index contributed by atoms with van der Waals surface area (Å²) in [4.78, 5) is 29.8. The van der Waals surface area contributed by atoms with E-state index in [9.17, 15) is 14.0 Å². The number of carbonyl (C=O) groups is 2. The summed E-state index contributed by atoms with van der Waals surface area (Å²) in [5.41, 5.74) is 2.47. The molecule has 2 unspecified atom stereocenters. The molecular formula is C24H30FN3O2. The van der Waals surface area contributed by atoms with Gasteiger partial charge in [0.15, 0.2) is 0 Å². The quantitative estimate of drug-likeness (QED) is 0.793. The maximum absolute atomic E-state index is 13.7. The maximum atomic E-state index is 13.7.